The highest BCUT2D eigenvalue weighted by Crippen LogP contribution is 2.28. The molecule has 4 rings (SSSR count). The summed E-state index contributed by atoms with van der Waals surface area (Å²) in [7, 11) is -2.68. The Hall–Kier alpha value is -3.12. The molecule has 3 heterocycles. The van der Waals surface area contributed by atoms with Crippen molar-refractivity contribution < 1.29 is 22.7 Å². The van der Waals surface area contributed by atoms with Crippen LogP contribution in [-0.4, -0.2) is 49.5 Å². The monoisotopic (exact) mass is 537 g/mol. The average Bonchev–Trinajstić information content (AvgIpc) is 3.24. The molecule has 2 amide bonds. The minimum Gasteiger partial charge on any atom is -0.481 e. The van der Waals surface area contributed by atoms with E-state index in [-0.39, 0.29) is 17.3 Å². The summed E-state index contributed by atoms with van der Waals surface area (Å²) in [5.74, 6) is 0.256. The van der Waals surface area contributed by atoms with Gasteiger partial charge in [0.2, 0.25) is 5.88 Å². The van der Waals surface area contributed by atoms with Gasteiger partial charge in [0.15, 0.2) is 0 Å². The predicted octanol–water partition coefficient (Wildman–Crippen LogP) is 3.24. The zero-order valence-corrected chi connectivity index (χ0v) is 20.8. The van der Waals surface area contributed by atoms with E-state index >= 15 is 0 Å². The molecule has 35 heavy (non-hydrogen) atoms. The number of carbonyl (C=O) groups is 1. The predicted molar refractivity (Wildman–Crippen MR) is 130 cm³/mol. The number of amides is 2. The van der Waals surface area contributed by atoms with E-state index in [2.05, 4.69) is 15.4 Å². The minimum absolute atomic E-state index is 0.0627. The molecular weight excluding hydrogens is 517 g/mol. The lowest BCUT2D eigenvalue weighted by molar-refractivity contribution is 0.145. The van der Waals surface area contributed by atoms with Crippen LogP contribution in [0.4, 0.5) is 4.79 Å². The van der Waals surface area contributed by atoms with E-state index in [1.807, 2.05) is 10.8 Å². The van der Waals surface area contributed by atoms with Crippen molar-refractivity contribution in [2.45, 2.75) is 18.0 Å². The number of nitrogens with one attached hydrogen (secondary N) is 2. The summed E-state index contributed by atoms with van der Waals surface area (Å²) < 4.78 is 39.1. The van der Waals surface area contributed by atoms with Gasteiger partial charge in [-0.05, 0) is 23.8 Å². The molecule has 0 bridgehead atoms. The van der Waals surface area contributed by atoms with Crippen LogP contribution in [0.5, 0.6) is 5.88 Å². The van der Waals surface area contributed by atoms with Crippen molar-refractivity contribution in [1.82, 2.24) is 24.8 Å². The summed E-state index contributed by atoms with van der Waals surface area (Å²) in [6.45, 7) is 1.20. The normalized spacial score (nSPS) is 14.4. The van der Waals surface area contributed by atoms with Gasteiger partial charge in [-0.25, -0.2) is 22.9 Å². The van der Waals surface area contributed by atoms with Crippen molar-refractivity contribution in [2.24, 2.45) is 0 Å². The van der Waals surface area contributed by atoms with Gasteiger partial charge in [-0.2, -0.15) is 5.10 Å². The van der Waals surface area contributed by atoms with Crippen LogP contribution >= 0.6 is 23.2 Å². The highest BCUT2D eigenvalue weighted by atomic mass is 35.5. The van der Waals surface area contributed by atoms with Gasteiger partial charge in [0, 0.05) is 33.8 Å². The molecule has 0 spiro atoms. The van der Waals surface area contributed by atoms with Crippen molar-refractivity contribution in [2.75, 3.05) is 20.3 Å². The second kappa shape index (κ2) is 10.6. The van der Waals surface area contributed by atoms with Crippen LogP contribution < -0.4 is 14.8 Å². The lowest BCUT2D eigenvalue weighted by Gasteiger charge is -2.19. The Morgan fingerprint density at radius 1 is 1.23 bits per heavy atom. The molecule has 10 nitrogen and oxygen atoms in total. The topological polar surface area (TPSA) is 124 Å². The van der Waals surface area contributed by atoms with Gasteiger partial charge in [-0.1, -0.05) is 35.3 Å². The first kappa shape index (κ1) is 25.0. The number of sulfonamides is 1. The number of hydrogen-bond acceptors (Lipinski definition) is 7. The molecule has 184 valence electrons. The third kappa shape index (κ3) is 5.93. The minimum atomic E-state index is -4.09. The van der Waals surface area contributed by atoms with E-state index in [1.165, 1.54) is 19.2 Å². The number of pyridine rings is 1. The molecule has 3 aromatic rings. The van der Waals surface area contributed by atoms with Crippen molar-refractivity contribution >= 4 is 44.8 Å². The molecule has 13 heteroatoms. The number of benzene rings is 1. The third-order valence-electron chi connectivity index (χ3n) is 5.14. The summed E-state index contributed by atoms with van der Waals surface area (Å²) in [4.78, 5) is 15.9. The fourth-order valence-corrected chi connectivity index (χ4v) is 4.80. The fraction of sp³-hybridized carbons (Fsp3) is 0.227. The molecule has 1 aliphatic heterocycles. The molecule has 0 fully saturated rings. The Morgan fingerprint density at radius 3 is 2.77 bits per heavy atom. The summed E-state index contributed by atoms with van der Waals surface area (Å²) in [6, 6.07) is 7.07. The first-order chi connectivity index (χ1) is 16.8. The number of urea groups is 1. The molecule has 0 saturated heterocycles. The van der Waals surface area contributed by atoms with Gasteiger partial charge >= 0.3 is 6.03 Å². The van der Waals surface area contributed by atoms with E-state index in [9.17, 15) is 13.2 Å². The molecule has 2 aromatic heterocycles. The Balaban J connectivity index is 1.43. The van der Waals surface area contributed by atoms with Crippen LogP contribution in [0.25, 0.3) is 5.57 Å². The van der Waals surface area contributed by atoms with Gasteiger partial charge < -0.3 is 14.8 Å². The number of methoxy groups -OCH3 is 1. The first-order valence-corrected chi connectivity index (χ1v) is 12.6. The molecule has 2 N–H and O–H groups in total. The lowest BCUT2D eigenvalue weighted by atomic mass is 10.1. The highest BCUT2D eigenvalue weighted by molar-refractivity contribution is 7.90. The molecule has 1 aromatic carbocycles. The van der Waals surface area contributed by atoms with Crippen LogP contribution in [0, 0.1) is 0 Å². The van der Waals surface area contributed by atoms with Crippen LogP contribution in [0.15, 0.2) is 53.7 Å². The first-order valence-electron chi connectivity index (χ1n) is 10.3. The number of halogens is 2. The van der Waals surface area contributed by atoms with Crippen molar-refractivity contribution in [3.05, 3.63) is 75.7 Å². The standard InChI is InChI=1S/C22H21Cl2N5O5S/c1-33-20-5-4-18(10-26-20)35(31,32)28-22(30)25-7-6-15-12-34-13-16-9-27-29(21(15)16)11-14-2-3-17(23)8-19(14)24/h2-6,8-10H,7,11-13H2,1H3,(H2,25,28,30)/b15-6+. The average molecular weight is 538 g/mol. The van der Waals surface area contributed by atoms with E-state index in [0.29, 0.717) is 29.8 Å². The molecular formula is C22H21Cl2N5O5S. The molecule has 0 atom stereocenters. The summed E-state index contributed by atoms with van der Waals surface area (Å²) in [6.07, 6.45) is 4.58. The molecule has 0 unspecified atom stereocenters. The van der Waals surface area contributed by atoms with E-state index in [4.69, 9.17) is 32.7 Å². The zero-order valence-electron chi connectivity index (χ0n) is 18.5. The van der Waals surface area contributed by atoms with Gasteiger partial charge in [0.25, 0.3) is 10.0 Å². The number of carbonyl (C=O) groups excluding carboxylic acids is 1. The fourth-order valence-electron chi connectivity index (χ4n) is 3.46. The van der Waals surface area contributed by atoms with E-state index in [0.717, 1.165) is 28.6 Å². The van der Waals surface area contributed by atoms with Gasteiger partial charge in [-0.3, -0.25) is 4.68 Å². The Labute approximate surface area is 211 Å². The maximum Gasteiger partial charge on any atom is 0.328 e. The van der Waals surface area contributed by atoms with E-state index in [1.54, 1.807) is 29.1 Å². The van der Waals surface area contributed by atoms with Crippen LogP contribution in [-0.2, 0) is 27.9 Å². The Kier molecular flexibility index (Phi) is 7.60. The number of hydrogen-bond donors (Lipinski definition) is 2. The number of rotatable bonds is 7. The summed E-state index contributed by atoms with van der Waals surface area (Å²) >= 11 is 12.3. The van der Waals surface area contributed by atoms with Gasteiger partial charge in [0.1, 0.15) is 4.90 Å². The van der Waals surface area contributed by atoms with Crippen LogP contribution in [0.1, 0.15) is 16.8 Å². The zero-order chi connectivity index (χ0) is 25.0. The molecule has 0 aliphatic carbocycles. The van der Waals surface area contributed by atoms with Gasteiger partial charge in [-0.15, -0.1) is 0 Å². The quantitative estimate of drug-likeness (QED) is 0.473. The van der Waals surface area contributed by atoms with Crippen molar-refractivity contribution in [3.63, 3.8) is 0 Å². The maximum absolute atomic E-state index is 12.4. The maximum atomic E-state index is 12.4. The number of nitrogens with zero attached hydrogens (tertiary/aromatic N) is 3. The Morgan fingerprint density at radius 2 is 2.06 bits per heavy atom. The smallest absolute Gasteiger partial charge is 0.328 e. The number of aromatic nitrogens is 3. The summed E-state index contributed by atoms with van der Waals surface area (Å²) in [5, 5.41) is 8.05. The van der Waals surface area contributed by atoms with Gasteiger partial charge in [0.05, 0.1) is 45.0 Å². The van der Waals surface area contributed by atoms with E-state index < -0.39 is 16.1 Å². The largest absolute Gasteiger partial charge is 0.481 e. The third-order valence-corrected chi connectivity index (χ3v) is 7.04. The molecule has 0 saturated carbocycles. The lowest BCUT2D eigenvalue weighted by Crippen LogP contribution is -2.39. The second-order valence-corrected chi connectivity index (χ2v) is 10.0. The number of fused-ring (bicyclic) bond motifs is 1. The number of ether oxygens (including phenoxy) is 2. The van der Waals surface area contributed by atoms with Crippen molar-refractivity contribution in [3.8, 4) is 5.88 Å². The SMILES string of the molecule is COc1ccc(S(=O)(=O)NC(=O)NC/C=C2\COCc3cnn(Cc4ccc(Cl)cc4Cl)c32)cn1. The summed E-state index contributed by atoms with van der Waals surface area (Å²) in [5.41, 5.74) is 3.41. The van der Waals surface area contributed by atoms with Crippen LogP contribution in [0.3, 0.4) is 0 Å². The molecule has 1 aliphatic rings. The highest BCUT2D eigenvalue weighted by Gasteiger charge is 2.21. The molecule has 0 radical (unpaired) electrons. The second-order valence-electron chi connectivity index (χ2n) is 7.49. The van der Waals surface area contributed by atoms with Crippen molar-refractivity contribution in [1.29, 1.82) is 0 Å². The Bertz CT molecular complexity index is 1370. The van der Waals surface area contributed by atoms with Crippen LogP contribution in [0.2, 0.25) is 10.0 Å².